The molecule has 1 fully saturated rings. The molecule has 3 aromatic rings. The lowest BCUT2D eigenvalue weighted by Crippen LogP contribution is -2.54. The van der Waals surface area contributed by atoms with Gasteiger partial charge in [-0.15, -0.1) is 0 Å². The minimum atomic E-state index is -0.156. The number of amides is 1. The number of ether oxygens (including phenoxy) is 1. The fourth-order valence-corrected chi connectivity index (χ4v) is 3.10. The topological polar surface area (TPSA) is 92.3 Å². The van der Waals surface area contributed by atoms with Crippen LogP contribution in [0.25, 0.3) is 0 Å². The molecule has 29 heavy (non-hydrogen) atoms. The first-order valence-corrected chi connectivity index (χ1v) is 9.44. The number of nitrogens with one attached hydrogen (secondary N) is 2. The number of anilines is 3. The number of carbonyl (C=O) groups excluding carboxylic acids is 1. The summed E-state index contributed by atoms with van der Waals surface area (Å²) in [7, 11) is 1.59. The zero-order chi connectivity index (χ0) is 20.2. The Kier molecular flexibility index (Phi) is 5.44. The van der Waals surface area contributed by atoms with Crippen molar-refractivity contribution in [2.75, 3.05) is 30.4 Å². The maximum Gasteiger partial charge on any atom is 0.251 e. The summed E-state index contributed by atoms with van der Waals surface area (Å²) >= 11 is 5.99. The molecule has 0 saturated carbocycles. The largest absolute Gasteiger partial charge is 0.487 e. The molecule has 4 rings (SSSR count). The second kappa shape index (κ2) is 8.32. The number of carbonyl (C=O) groups is 1. The summed E-state index contributed by atoms with van der Waals surface area (Å²) in [6, 6.07) is 14.5. The van der Waals surface area contributed by atoms with Crippen molar-refractivity contribution in [2.24, 2.45) is 0 Å². The SMILES string of the molecule is CNC(=O)c1cccc(Nc2ncnc(N3CC(Oc4cccc(Cl)c4)C3)n2)c1. The smallest absolute Gasteiger partial charge is 0.251 e. The van der Waals surface area contributed by atoms with Crippen LogP contribution in [0.1, 0.15) is 10.4 Å². The third-order valence-corrected chi connectivity index (χ3v) is 4.63. The van der Waals surface area contributed by atoms with E-state index in [1.54, 1.807) is 31.3 Å². The highest BCUT2D eigenvalue weighted by Crippen LogP contribution is 2.24. The minimum absolute atomic E-state index is 0.0471. The maximum absolute atomic E-state index is 11.8. The Hall–Kier alpha value is -3.39. The van der Waals surface area contributed by atoms with Gasteiger partial charge < -0.3 is 20.3 Å². The number of benzene rings is 2. The van der Waals surface area contributed by atoms with Crippen molar-refractivity contribution in [1.82, 2.24) is 20.3 Å². The van der Waals surface area contributed by atoms with Crippen molar-refractivity contribution in [1.29, 1.82) is 0 Å². The fraction of sp³-hybridized carbons (Fsp3) is 0.200. The standard InChI is InChI=1S/C20H19ClN6O2/c1-22-18(28)13-4-2-6-15(8-13)25-19-23-12-24-20(26-19)27-10-17(11-27)29-16-7-3-5-14(21)9-16/h2-9,12,17H,10-11H2,1H3,(H,22,28)(H,23,24,25,26). The highest BCUT2D eigenvalue weighted by Gasteiger charge is 2.30. The summed E-state index contributed by atoms with van der Waals surface area (Å²) in [5.74, 6) is 1.56. The molecule has 0 unspecified atom stereocenters. The van der Waals surface area contributed by atoms with E-state index in [2.05, 4.69) is 25.6 Å². The predicted octanol–water partition coefficient (Wildman–Crippen LogP) is 2.90. The molecule has 0 radical (unpaired) electrons. The monoisotopic (exact) mass is 410 g/mol. The molecule has 0 atom stereocenters. The van der Waals surface area contributed by atoms with Gasteiger partial charge in [-0.25, -0.2) is 9.97 Å². The highest BCUT2D eigenvalue weighted by atomic mass is 35.5. The van der Waals surface area contributed by atoms with Crippen LogP contribution in [0, 0.1) is 0 Å². The second-order valence-electron chi connectivity index (χ2n) is 6.50. The Labute approximate surface area is 172 Å². The van der Waals surface area contributed by atoms with Crippen LogP contribution >= 0.6 is 11.6 Å². The Morgan fingerprint density at radius 2 is 2.00 bits per heavy atom. The molecule has 148 valence electrons. The quantitative estimate of drug-likeness (QED) is 0.645. The Morgan fingerprint density at radius 3 is 2.79 bits per heavy atom. The van der Waals surface area contributed by atoms with Crippen LogP contribution in [0.2, 0.25) is 5.02 Å². The van der Waals surface area contributed by atoms with Crippen LogP contribution in [0.3, 0.4) is 0 Å². The van der Waals surface area contributed by atoms with Gasteiger partial charge in [0.1, 0.15) is 18.2 Å². The third-order valence-electron chi connectivity index (χ3n) is 4.40. The molecular formula is C20H19ClN6O2. The lowest BCUT2D eigenvalue weighted by molar-refractivity contribution is 0.0963. The molecule has 1 aromatic heterocycles. The zero-order valence-corrected chi connectivity index (χ0v) is 16.4. The van der Waals surface area contributed by atoms with Crippen LogP contribution < -0.4 is 20.3 Å². The van der Waals surface area contributed by atoms with Crippen molar-refractivity contribution < 1.29 is 9.53 Å². The van der Waals surface area contributed by atoms with E-state index in [0.717, 1.165) is 5.75 Å². The molecule has 0 bridgehead atoms. The van der Waals surface area contributed by atoms with Gasteiger partial charge in [-0.3, -0.25) is 4.79 Å². The minimum Gasteiger partial charge on any atom is -0.487 e. The molecular weight excluding hydrogens is 392 g/mol. The summed E-state index contributed by atoms with van der Waals surface area (Å²) in [5, 5.41) is 6.36. The van der Waals surface area contributed by atoms with Crippen LogP contribution in [-0.4, -0.2) is 47.1 Å². The second-order valence-corrected chi connectivity index (χ2v) is 6.93. The molecule has 1 amide bonds. The van der Waals surface area contributed by atoms with E-state index < -0.39 is 0 Å². The third kappa shape index (κ3) is 4.55. The van der Waals surface area contributed by atoms with E-state index in [4.69, 9.17) is 16.3 Å². The van der Waals surface area contributed by atoms with Crippen molar-refractivity contribution in [3.8, 4) is 5.75 Å². The van der Waals surface area contributed by atoms with E-state index in [1.165, 1.54) is 6.33 Å². The zero-order valence-electron chi connectivity index (χ0n) is 15.7. The van der Waals surface area contributed by atoms with E-state index in [1.807, 2.05) is 29.2 Å². The average Bonchev–Trinajstić information content (AvgIpc) is 2.70. The maximum atomic E-state index is 11.8. The number of hydrogen-bond donors (Lipinski definition) is 2. The number of hydrogen-bond acceptors (Lipinski definition) is 7. The predicted molar refractivity (Wildman–Crippen MR) is 111 cm³/mol. The van der Waals surface area contributed by atoms with E-state index in [0.29, 0.717) is 41.3 Å². The van der Waals surface area contributed by atoms with E-state index >= 15 is 0 Å². The molecule has 2 heterocycles. The van der Waals surface area contributed by atoms with Crippen LogP contribution in [0.4, 0.5) is 17.6 Å². The number of rotatable bonds is 6. The van der Waals surface area contributed by atoms with Crippen LogP contribution in [0.15, 0.2) is 54.9 Å². The highest BCUT2D eigenvalue weighted by molar-refractivity contribution is 6.30. The lowest BCUT2D eigenvalue weighted by atomic mass is 10.2. The van der Waals surface area contributed by atoms with Gasteiger partial charge in [-0.1, -0.05) is 23.7 Å². The summed E-state index contributed by atoms with van der Waals surface area (Å²) in [6.07, 6.45) is 1.50. The van der Waals surface area contributed by atoms with Crippen molar-refractivity contribution >= 4 is 35.1 Å². The van der Waals surface area contributed by atoms with Crippen LogP contribution in [0.5, 0.6) is 5.75 Å². The first-order chi connectivity index (χ1) is 14.1. The Balaban J connectivity index is 1.38. The summed E-state index contributed by atoms with van der Waals surface area (Å²) in [6.45, 7) is 1.34. The Bertz CT molecular complexity index is 1030. The number of nitrogens with zero attached hydrogens (tertiary/aromatic N) is 4. The number of aromatic nitrogens is 3. The molecule has 0 aliphatic carbocycles. The van der Waals surface area contributed by atoms with Crippen molar-refractivity contribution in [3.05, 3.63) is 65.4 Å². The molecule has 2 aromatic carbocycles. The van der Waals surface area contributed by atoms with Crippen molar-refractivity contribution in [3.63, 3.8) is 0 Å². The fourth-order valence-electron chi connectivity index (χ4n) is 2.92. The van der Waals surface area contributed by atoms with Crippen LogP contribution in [-0.2, 0) is 0 Å². The van der Waals surface area contributed by atoms with Crippen molar-refractivity contribution in [2.45, 2.75) is 6.10 Å². The Morgan fingerprint density at radius 1 is 1.17 bits per heavy atom. The lowest BCUT2D eigenvalue weighted by Gasteiger charge is -2.38. The normalized spacial score (nSPS) is 13.5. The summed E-state index contributed by atoms with van der Waals surface area (Å²) in [5.41, 5.74) is 1.27. The first-order valence-electron chi connectivity index (χ1n) is 9.06. The molecule has 9 heteroatoms. The van der Waals surface area contributed by atoms with E-state index in [-0.39, 0.29) is 12.0 Å². The van der Waals surface area contributed by atoms with Gasteiger partial charge in [0.2, 0.25) is 11.9 Å². The summed E-state index contributed by atoms with van der Waals surface area (Å²) in [4.78, 5) is 26.6. The molecule has 1 saturated heterocycles. The first kappa shape index (κ1) is 18.9. The molecule has 2 N–H and O–H groups in total. The van der Waals surface area contributed by atoms with Gasteiger partial charge >= 0.3 is 0 Å². The molecule has 1 aliphatic heterocycles. The van der Waals surface area contributed by atoms with Gasteiger partial charge in [0.25, 0.3) is 5.91 Å². The van der Waals surface area contributed by atoms with Gasteiger partial charge in [-0.05, 0) is 36.4 Å². The summed E-state index contributed by atoms with van der Waals surface area (Å²) < 4.78 is 5.90. The van der Waals surface area contributed by atoms with E-state index in [9.17, 15) is 4.79 Å². The van der Waals surface area contributed by atoms with Gasteiger partial charge in [0.15, 0.2) is 0 Å². The van der Waals surface area contributed by atoms with Gasteiger partial charge in [-0.2, -0.15) is 4.98 Å². The van der Waals surface area contributed by atoms with Gasteiger partial charge in [0, 0.05) is 23.3 Å². The number of halogens is 1. The molecule has 8 nitrogen and oxygen atoms in total. The average molecular weight is 411 g/mol. The molecule has 0 spiro atoms. The molecule has 1 aliphatic rings. The van der Waals surface area contributed by atoms with Gasteiger partial charge in [0.05, 0.1) is 13.1 Å².